The summed E-state index contributed by atoms with van der Waals surface area (Å²) in [6, 6.07) is 10.4. The van der Waals surface area contributed by atoms with Gasteiger partial charge in [-0.15, -0.1) is 0 Å². The number of nitrogens with one attached hydrogen (secondary N) is 1. The summed E-state index contributed by atoms with van der Waals surface area (Å²) in [5.41, 5.74) is 1.33. The van der Waals surface area contributed by atoms with Crippen molar-refractivity contribution in [2.45, 2.75) is 12.8 Å². The van der Waals surface area contributed by atoms with Crippen LogP contribution in [0.15, 0.2) is 36.5 Å². The topological polar surface area (TPSA) is 37.9 Å². The maximum atomic E-state index is 5.03. The molecule has 0 aliphatic rings. The average Bonchev–Trinajstić information content (AvgIpc) is 2.76. The Morgan fingerprint density at radius 3 is 2.67 bits per heavy atom. The van der Waals surface area contributed by atoms with Gasteiger partial charge < -0.3 is 9.72 Å². The van der Waals surface area contributed by atoms with Crippen molar-refractivity contribution in [1.82, 2.24) is 9.97 Å². The largest absolute Gasteiger partial charge is 0.481 e. The zero-order valence-electron chi connectivity index (χ0n) is 8.73. The van der Waals surface area contributed by atoms with Crippen LogP contribution in [0.4, 0.5) is 0 Å². The van der Waals surface area contributed by atoms with Crippen molar-refractivity contribution in [3.8, 4) is 5.88 Å². The summed E-state index contributed by atoms with van der Waals surface area (Å²) in [5, 5.41) is 0. The third-order valence-electron chi connectivity index (χ3n) is 2.32. The lowest BCUT2D eigenvalue weighted by molar-refractivity contribution is 0.399. The minimum Gasteiger partial charge on any atom is -0.481 e. The predicted octanol–water partition coefficient (Wildman–Crippen LogP) is 2.20. The van der Waals surface area contributed by atoms with Crippen LogP contribution in [0.2, 0.25) is 0 Å². The number of aryl methyl sites for hydroxylation is 2. The fourth-order valence-corrected chi connectivity index (χ4v) is 1.48. The first-order valence-corrected chi connectivity index (χ1v) is 5.00. The van der Waals surface area contributed by atoms with Crippen molar-refractivity contribution in [2.24, 2.45) is 0 Å². The Morgan fingerprint density at radius 1 is 1.20 bits per heavy atom. The van der Waals surface area contributed by atoms with Gasteiger partial charge in [-0.05, 0) is 12.0 Å². The Bertz CT molecular complexity index is 409. The molecular weight excluding hydrogens is 188 g/mol. The molecule has 2 aromatic rings. The molecule has 3 nitrogen and oxygen atoms in total. The lowest BCUT2D eigenvalue weighted by Crippen LogP contribution is -1.93. The van der Waals surface area contributed by atoms with Gasteiger partial charge in [-0.2, -0.15) is 0 Å². The van der Waals surface area contributed by atoms with Gasteiger partial charge in [0.1, 0.15) is 5.82 Å². The summed E-state index contributed by atoms with van der Waals surface area (Å²) in [4.78, 5) is 7.32. The van der Waals surface area contributed by atoms with Crippen molar-refractivity contribution in [3.05, 3.63) is 47.9 Å². The minimum atomic E-state index is 0.720. The average molecular weight is 202 g/mol. The van der Waals surface area contributed by atoms with Crippen LogP contribution in [0.25, 0.3) is 0 Å². The first-order valence-electron chi connectivity index (χ1n) is 5.00. The number of aromatic nitrogens is 2. The molecule has 0 fully saturated rings. The molecule has 0 aliphatic heterocycles. The summed E-state index contributed by atoms with van der Waals surface area (Å²) in [6.07, 6.45) is 3.62. The van der Waals surface area contributed by atoms with E-state index in [0.717, 1.165) is 24.5 Å². The van der Waals surface area contributed by atoms with Gasteiger partial charge in [0, 0.05) is 6.42 Å². The van der Waals surface area contributed by atoms with Gasteiger partial charge in [-0.25, -0.2) is 4.98 Å². The molecular formula is C12H14N2O. The molecule has 78 valence electrons. The van der Waals surface area contributed by atoms with E-state index in [1.807, 2.05) is 6.07 Å². The molecule has 0 radical (unpaired) electrons. The van der Waals surface area contributed by atoms with E-state index < -0.39 is 0 Å². The second-order valence-corrected chi connectivity index (χ2v) is 3.38. The molecule has 1 aromatic carbocycles. The van der Waals surface area contributed by atoms with Crippen molar-refractivity contribution >= 4 is 0 Å². The maximum Gasteiger partial charge on any atom is 0.210 e. The van der Waals surface area contributed by atoms with E-state index >= 15 is 0 Å². The van der Waals surface area contributed by atoms with Gasteiger partial charge in [-0.1, -0.05) is 30.3 Å². The van der Waals surface area contributed by atoms with E-state index in [9.17, 15) is 0 Å². The molecule has 0 amide bonds. The molecule has 0 saturated carbocycles. The van der Waals surface area contributed by atoms with Crippen LogP contribution in [0.1, 0.15) is 11.4 Å². The molecule has 1 aromatic heterocycles. The van der Waals surface area contributed by atoms with Gasteiger partial charge in [-0.3, -0.25) is 0 Å². The molecule has 0 unspecified atom stereocenters. The highest BCUT2D eigenvalue weighted by molar-refractivity contribution is 5.16. The second kappa shape index (κ2) is 4.64. The Balaban J connectivity index is 1.93. The highest BCUT2D eigenvalue weighted by Crippen LogP contribution is 2.08. The molecule has 1 N–H and O–H groups in total. The quantitative estimate of drug-likeness (QED) is 0.825. The van der Waals surface area contributed by atoms with Crippen LogP contribution in [0.5, 0.6) is 5.88 Å². The van der Waals surface area contributed by atoms with Crippen molar-refractivity contribution in [2.75, 3.05) is 7.11 Å². The normalized spacial score (nSPS) is 10.2. The summed E-state index contributed by atoms with van der Waals surface area (Å²) in [7, 11) is 1.63. The minimum absolute atomic E-state index is 0.720. The van der Waals surface area contributed by atoms with E-state index in [-0.39, 0.29) is 0 Å². The van der Waals surface area contributed by atoms with Gasteiger partial charge >= 0.3 is 0 Å². The zero-order valence-corrected chi connectivity index (χ0v) is 8.73. The molecule has 0 atom stereocenters. The number of benzene rings is 1. The highest BCUT2D eigenvalue weighted by Gasteiger charge is 2.00. The van der Waals surface area contributed by atoms with Crippen LogP contribution in [-0.4, -0.2) is 17.1 Å². The van der Waals surface area contributed by atoms with Gasteiger partial charge in [0.2, 0.25) is 5.88 Å². The first kappa shape index (κ1) is 9.77. The molecule has 0 aliphatic carbocycles. The lowest BCUT2D eigenvalue weighted by Gasteiger charge is -1.98. The number of aromatic amines is 1. The van der Waals surface area contributed by atoms with Crippen molar-refractivity contribution in [1.29, 1.82) is 0 Å². The third-order valence-corrected chi connectivity index (χ3v) is 2.32. The summed E-state index contributed by atoms with van der Waals surface area (Å²) in [6.45, 7) is 0. The summed E-state index contributed by atoms with van der Waals surface area (Å²) in [5.74, 6) is 1.69. The number of ether oxygens (including phenoxy) is 1. The Kier molecular flexibility index (Phi) is 3.02. The Labute approximate surface area is 89.1 Å². The van der Waals surface area contributed by atoms with Crippen LogP contribution in [-0.2, 0) is 12.8 Å². The first-order chi connectivity index (χ1) is 7.38. The molecule has 1 heterocycles. The predicted molar refractivity (Wildman–Crippen MR) is 59.0 cm³/mol. The monoisotopic (exact) mass is 202 g/mol. The van der Waals surface area contributed by atoms with E-state index in [1.54, 1.807) is 13.3 Å². The fourth-order valence-electron chi connectivity index (χ4n) is 1.48. The van der Waals surface area contributed by atoms with E-state index in [4.69, 9.17) is 4.74 Å². The van der Waals surface area contributed by atoms with Gasteiger partial charge in [0.25, 0.3) is 0 Å². The standard InChI is InChI=1S/C12H14N2O/c1-15-12-9-13-11(14-12)8-7-10-5-3-2-4-6-10/h2-6,9H,7-8H2,1H3,(H,13,14). The zero-order chi connectivity index (χ0) is 10.5. The SMILES string of the molecule is COc1cnc(CCc2ccccc2)[nH]1. The second-order valence-electron chi connectivity index (χ2n) is 3.38. The fraction of sp³-hybridized carbons (Fsp3) is 0.250. The lowest BCUT2D eigenvalue weighted by atomic mass is 10.1. The summed E-state index contributed by atoms with van der Waals surface area (Å²) < 4.78 is 5.03. The smallest absolute Gasteiger partial charge is 0.210 e. The number of nitrogens with zero attached hydrogens (tertiary/aromatic N) is 1. The third kappa shape index (κ3) is 2.59. The molecule has 2 rings (SSSR count). The highest BCUT2D eigenvalue weighted by atomic mass is 16.5. The van der Waals surface area contributed by atoms with Crippen LogP contribution >= 0.6 is 0 Å². The van der Waals surface area contributed by atoms with Gasteiger partial charge in [0.15, 0.2) is 0 Å². The number of imidazole rings is 1. The number of rotatable bonds is 4. The number of methoxy groups -OCH3 is 1. The summed E-state index contributed by atoms with van der Waals surface area (Å²) >= 11 is 0. The van der Waals surface area contributed by atoms with Crippen LogP contribution in [0.3, 0.4) is 0 Å². The molecule has 0 saturated heterocycles. The molecule has 15 heavy (non-hydrogen) atoms. The molecule has 0 bridgehead atoms. The maximum absolute atomic E-state index is 5.03. The number of H-pyrrole nitrogens is 1. The van der Waals surface area contributed by atoms with E-state index in [1.165, 1.54) is 5.56 Å². The van der Waals surface area contributed by atoms with Crippen LogP contribution < -0.4 is 4.74 Å². The van der Waals surface area contributed by atoms with E-state index in [2.05, 4.69) is 34.2 Å². The van der Waals surface area contributed by atoms with Crippen molar-refractivity contribution in [3.63, 3.8) is 0 Å². The van der Waals surface area contributed by atoms with E-state index in [0.29, 0.717) is 0 Å². The molecule has 0 spiro atoms. The van der Waals surface area contributed by atoms with Gasteiger partial charge in [0.05, 0.1) is 13.3 Å². The molecule has 3 heteroatoms. The number of hydrogen-bond acceptors (Lipinski definition) is 2. The Hall–Kier alpha value is -1.77. The Morgan fingerprint density at radius 2 is 2.00 bits per heavy atom. The van der Waals surface area contributed by atoms with Crippen LogP contribution in [0, 0.1) is 0 Å². The number of hydrogen-bond donors (Lipinski definition) is 1. The van der Waals surface area contributed by atoms with Crippen molar-refractivity contribution < 1.29 is 4.74 Å².